The van der Waals surface area contributed by atoms with Gasteiger partial charge >= 0.3 is 5.97 Å². The minimum Gasteiger partial charge on any atom is -0.480 e. The summed E-state index contributed by atoms with van der Waals surface area (Å²) in [5, 5.41) is 31.8. The van der Waals surface area contributed by atoms with Crippen LogP contribution in [-0.2, 0) is 4.79 Å². The molecule has 96 valence electrons. The van der Waals surface area contributed by atoms with E-state index in [0.29, 0.717) is 11.5 Å². The molecule has 5 N–H and O–H groups in total. The van der Waals surface area contributed by atoms with Crippen LogP contribution in [-0.4, -0.2) is 51.2 Å². The Balaban J connectivity index is 3.69. The molecule has 0 spiro atoms. The van der Waals surface area contributed by atoms with Gasteiger partial charge in [-0.2, -0.15) is 0 Å². The van der Waals surface area contributed by atoms with Crippen LogP contribution in [0.2, 0.25) is 0 Å². The van der Waals surface area contributed by atoms with Crippen molar-refractivity contribution in [2.24, 2.45) is 0 Å². The molecule has 6 nitrogen and oxygen atoms in total. The standard InChI is InChI=1S/C6H16N2O4P2S2/c9-5(10)3(7-13)1-15-16-2-4(8-14)6(11)12/h3-5,7-10H,1-2,13-14H2,(H,11,12). The molecular formula is C6H16N2O4P2S2. The van der Waals surface area contributed by atoms with E-state index in [-0.39, 0.29) is 0 Å². The highest BCUT2D eigenvalue weighted by atomic mass is 33.1. The normalized spacial score (nSPS) is 15.1. The van der Waals surface area contributed by atoms with Crippen LogP contribution in [0, 0.1) is 0 Å². The fourth-order valence-corrected chi connectivity index (χ4v) is 3.95. The van der Waals surface area contributed by atoms with Crippen molar-refractivity contribution in [3.63, 3.8) is 0 Å². The number of rotatable bonds is 9. The highest BCUT2D eigenvalue weighted by molar-refractivity contribution is 8.76. The van der Waals surface area contributed by atoms with Crippen molar-refractivity contribution in [1.82, 2.24) is 10.2 Å². The van der Waals surface area contributed by atoms with E-state index in [0.717, 1.165) is 0 Å². The maximum Gasteiger partial charge on any atom is 0.321 e. The predicted molar refractivity (Wildman–Crippen MR) is 74.0 cm³/mol. The van der Waals surface area contributed by atoms with Crippen LogP contribution >= 0.6 is 40.4 Å². The smallest absolute Gasteiger partial charge is 0.321 e. The molecule has 0 aromatic heterocycles. The average Bonchev–Trinajstić information content (AvgIpc) is 2.22. The first kappa shape index (κ1) is 16.9. The number of aliphatic carboxylic acids is 1. The monoisotopic (exact) mass is 306 g/mol. The lowest BCUT2D eigenvalue weighted by Crippen LogP contribution is -2.36. The summed E-state index contributed by atoms with van der Waals surface area (Å²) in [5.41, 5.74) is 0. The zero-order valence-electron chi connectivity index (χ0n) is 8.37. The largest absolute Gasteiger partial charge is 0.480 e. The maximum absolute atomic E-state index is 10.6. The summed E-state index contributed by atoms with van der Waals surface area (Å²) in [6.45, 7) is 0. The molecule has 0 aliphatic carbocycles. The second-order valence-electron chi connectivity index (χ2n) is 2.81. The number of aliphatic hydroxyl groups excluding tert-OH is 1. The summed E-state index contributed by atoms with van der Waals surface area (Å²) in [4.78, 5) is 10.6. The number of nitrogens with one attached hydrogen (secondary N) is 2. The quantitative estimate of drug-likeness (QED) is 0.164. The lowest BCUT2D eigenvalue weighted by Gasteiger charge is -2.17. The third kappa shape index (κ3) is 7.25. The molecular weight excluding hydrogens is 290 g/mol. The van der Waals surface area contributed by atoms with Gasteiger partial charge in [-0.1, -0.05) is 40.4 Å². The van der Waals surface area contributed by atoms with Crippen molar-refractivity contribution in [1.29, 1.82) is 0 Å². The zero-order valence-corrected chi connectivity index (χ0v) is 12.3. The van der Waals surface area contributed by atoms with Gasteiger partial charge in [0.2, 0.25) is 0 Å². The minimum absolute atomic E-state index is 0.397. The number of carbonyl (C=O) groups is 1. The van der Waals surface area contributed by atoms with Crippen molar-refractivity contribution in [2.75, 3.05) is 11.5 Å². The van der Waals surface area contributed by atoms with Crippen LogP contribution in [0.5, 0.6) is 0 Å². The lowest BCUT2D eigenvalue weighted by atomic mass is 10.4. The fourth-order valence-electron chi connectivity index (χ4n) is 0.649. The van der Waals surface area contributed by atoms with Crippen molar-refractivity contribution >= 4 is 46.3 Å². The van der Waals surface area contributed by atoms with Crippen LogP contribution in [0.1, 0.15) is 0 Å². The number of hydrogen-bond donors (Lipinski definition) is 5. The second-order valence-corrected chi connectivity index (χ2v) is 6.03. The van der Waals surface area contributed by atoms with Gasteiger partial charge in [0.1, 0.15) is 6.04 Å². The van der Waals surface area contributed by atoms with Gasteiger partial charge in [0.25, 0.3) is 0 Å². The highest BCUT2D eigenvalue weighted by Crippen LogP contribution is 2.23. The molecule has 10 heteroatoms. The molecule has 0 aromatic rings. The molecule has 16 heavy (non-hydrogen) atoms. The van der Waals surface area contributed by atoms with E-state index in [1.165, 1.54) is 21.6 Å². The van der Waals surface area contributed by atoms with Crippen molar-refractivity contribution in [3.8, 4) is 0 Å². The Morgan fingerprint density at radius 3 is 2.12 bits per heavy atom. The third-order valence-corrected chi connectivity index (χ3v) is 4.92. The molecule has 0 heterocycles. The molecule has 0 aliphatic heterocycles. The fraction of sp³-hybridized carbons (Fsp3) is 0.833. The number of hydrogen-bond acceptors (Lipinski definition) is 7. The summed E-state index contributed by atoms with van der Waals surface area (Å²) >= 11 is 0. The van der Waals surface area contributed by atoms with Crippen molar-refractivity contribution < 1.29 is 20.1 Å². The van der Waals surface area contributed by atoms with E-state index in [1.54, 1.807) is 0 Å². The van der Waals surface area contributed by atoms with Gasteiger partial charge < -0.3 is 15.3 Å². The first-order valence-corrected chi connectivity index (χ1v) is 7.92. The Hall–Kier alpha value is 0.870. The Labute approximate surface area is 107 Å². The molecule has 0 bridgehead atoms. The highest BCUT2D eigenvalue weighted by Gasteiger charge is 2.17. The van der Waals surface area contributed by atoms with Crippen LogP contribution < -0.4 is 10.2 Å². The molecule has 0 amide bonds. The molecule has 0 aliphatic rings. The first-order chi connectivity index (χ1) is 7.52. The summed E-state index contributed by atoms with van der Waals surface area (Å²) in [7, 11) is 7.13. The lowest BCUT2D eigenvalue weighted by molar-refractivity contribution is -0.138. The van der Waals surface area contributed by atoms with Crippen LogP contribution in [0.3, 0.4) is 0 Å². The molecule has 4 atom stereocenters. The maximum atomic E-state index is 10.6. The Kier molecular flexibility index (Phi) is 10.4. The summed E-state index contributed by atoms with van der Waals surface area (Å²) in [6, 6.07) is -1.07. The van der Waals surface area contributed by atoms with E-state index < -0.39 is 24.3 Å². The Bertz CT molecular complexity index is 213. The van der Waals surface area contributed by atoms with Gasteiger partial charge in [-0.05, 0) is 0 Å². The molecule has 0 fully saturated rings. The topological polar surface area (TPSA) is 102 Å². The van der Waals surface area contributed by atoms with Crippen molar-refractivity contribution in [3.05, 3.63) is 0 Å². The van der Waals surface area contributed by atoms with E-state index >= 15 is 0 Å². The van der Waals surface area contributed by atoms with Gasteiger partial charge in [-0.25, -0.2) is 0 Å². The van der Waals surface area contributed by atoms with E-state index in [9.17, 15) is 4.79 Å². The Morgan fingerprint density at radius 1 is 1.19 bits per heavy atom. The van der Waals surface area contributed by atoms with E-state index in [1.807, 2.05) is 0 Å². The minimum atomic E-state index is -1.43. The van der Waals surface area contributed by atoms with Gasteiger partial charge in [0.05, 0.1) is 6.04 Å². The van der Waals surface area contributed by atoms with Crippen LogP contribution in [0.15, 0.2) is 0 Å². The molecule has 0 radical (unpaired) electrons. The predicted octanol–water partition coefficient (Wildman–Crippen LogP) is -0.740. The number of carboxylic acids is 1. The zero-order chi connectivity index (χ0) is 12.6. The van der Waals surface area contributed by atoms with E-state index in [4.69, 9.17) is 15.3 Å². The second kappa shape index (κ2) is 9.85. The number of aliphatic hydroxyl groups is 2. The van der Waals surface area contributed by atoms with Gasteiger partial charge in [0, 0.05) is 11.5 Å². The van der Waals surface area contributed by atoms with Gasteiger partial charge in [-0.3, -0.25) is 15.0 Å². The van der Waals surface area contributed by atoms with Crippen LogP contribution in [0.4, 0.5) is 0 Å². The van der Waals surface area contributed by atoms with Gasteiger partial charge in [0.15, 0.2) is 6.29 Å². The molecule has 0 saturated carbocycles. The molecule has 4 unspecified atom stereocenters. The molecule has 0 saturated heterocycles. The summed E-state index contributed by atoms with van der Waals surface area (Å²) in [5.74, 6) is -0.0464. The third-order valence-electron chi connectivity index (χ3n) is 1.64. The Morgan fingerprint density at radius 2 is 1.75 bits per heavy atom. The molecule has 0 aromatic carbocycles. The van der Waals surface area contributed by atoms with E-state index in [2.05, 4.69) is 29.0 Å². The average molecular weight is 306 g/mol. The number of carboxylic acid groups (broad SMARTS) is 1. The molecule has 0 rings (SSSR count). The summed E-state index contributed by atoms with van der Waals surface area (Å²) in [6.07, 6.45) is -1.43. The van der Waals surface area contributed by atoms with Crippen molar-refractivity contribution in [2.45, 2.75) is 18.4 Å². The summed E-state index contributed by atoms with van der Waals surface area (Å²) < 4.78 is 0. The first-order valence-electron chi connectivity index (χ1n) is 4.28. The SMILES string of the molecule is O=C(O)C(CSSCC(NP)C(O)O)NP. The van der Waals surface area contributed by atoms with Gasteiger partial charge in [-0.15, -0.1) is 0 Å². The van der Waals surface area contributed by atoms with Crippen LogP contribution in [0.25, 0.3) is 0 Å².